The summed E-state index contributed by atoms with van der Waals surface area (Å²) in [5.41, 5.74) is 9.54. The molecule has 2 aromatic rings. The number of hydrogen-bond donors (Lipinski definition) is 2. The number of nitrogens with zero attached hydrogens (tertiary/aromatic N) is 2. The van der Waals surface area contributed by atoms with Crippen molar-refractivity contribution >= 4 is 33.1 Å². The molecule has 3 N–H and O–H groups in total. The summed E-state index contributed by atoms with van der Waals surface area (Å²) in [6, 6.07) is 13.8. The maximum absolute atomic E-state index is 8.94. The normalized spacial score (nSPS) is 11.4. The van der Waals surface area contributed by atoms with E-state index in [4.69, 9.17) is 10.9 Å². The molecule has 0 fully saturated rings. The molecule has 0 heterocycles. The molecule has 0 unspecified atom stereocenters. The van der Waals surface area contributed by atoms with Crippen molar-refractivity contribution in [2.75, 3.05) is 11.9 Å². The van der Waals surface area contributed by atoms with E-state index < -0.39 is 0 Å². The van der Waals surface area contributed by atoms with Gasteiger partial charge in [-0.05, 0) is 36.8 Å². The molecule has 0 radical (unpaired) electrons. The zero-order valence-electron chi connectivity index (χ0n) is 11.3. The fourth-order valence-corrected chi connectivity index (χ4v) is 2.49. The van der Waals surface area contributed by atoms with Crippen LogP contribution >= 0.6 is 15.9 Å². The van der Waals surface area contributed by atoms with Gasteiger partial charge in [-0.25, -0.2) is 0 Å². The minimum Gasteiger partial charge on any atom is -0.409 e. The van der Waals surface area contributed by atoms with E-state index in [1.807, 2.05) is 61.3 Å². The Balaban J connectivity index is 2.55. The van der Waals surface area contributed by atoms with Crippen molar-refractivity contribution in [3.05, 3.63) is 58.1 Å². The lowest BCUT2D eigenvalue weighted by Gasteiger charge is -2.24. The maximum Gasteiger partial charge on any atom is 0.172 e. The monoisotopic (exact) mass is 333 g/mol. The number of rotatable bonds is 3. The molecular formula is C15H16BrN3O. The summed E-state index contributed by atoms with van der Waals surface area (Å²) < 4.78 is 0.876. The van der Waals surface area contributed by atoms with E-state index in [0.717, 1.165) is 21.4 Å². The van der Waals surface area contributed by atoms with E-state index in [0.29, 0.717) is 5.56 Å². The second-order valence-corrected chi connectivity index (χ2v) is 5.41. The number of amidine groups is 1. The minimum atomic E-state index is 0.0849. The summed E-state index contributed by atoms with van der Waals surface area (Å²) in [6.45, 7) is 2.05. The number of anilines is 2. The van der Waals surface area contributed by atoms with Gasteiger partial charge in [-0.2, -0.15) is 0 Å². The van der Waals surface area contributed by atoms with Gasteiger partial charge in [0.2, 0.25) is 0 Å². The molecule has 20 heavy (non-hydrogen) atoms. The molecule has 2 rings (SSSR count). The van der Waals surface area contributed by atoms with Gasteiger partial charge in [0.05, 0.1) is 5.69 Å². The van der Waals surface area contributed by atoms with E-state index in [1.165, 1.54) is 0 Å². The first-order chi connectivity index (χ1) is 9.54. The quantitative estimate of drug-likeness (QED) is 0.390. The fourth-order valence-electron chi connectivity index (χ4n) is 2.13. The van der Waals surface area contributed by atoms with E-state index in [-0.39, 0.29) is 5.84 Å². The first-order valence-corrected chi connectivity index (χ1v) is 6.90. The molecule has 0 bridgehead atoms. The number of halogens is 1. The van der Waals surface area contributed by atoms with Crippen molar-refractivity contribution in [1.82, 2.24) is 0 Å². The van der Waals surface area contributed by atoms with Gasteiger partial charge in [-0.3, -0.25) is 0 Å². The smallest absolute Gasteiger partial charge is 0.172 e. The van der Waals surface area contributed by atoms with Gasteiger partial charge in [-0.1, -0.05) is 39.3 Å². The van der Waals surface area contributed by atoms with E-state index in [2.05, 4.69) is 21.1 Å². The number of nitrogens with two attached hydrogens (primary N) is 1. The van der Waals surface area contributed by atoms with Crippen LogP contribution in [0.15, 0.2) is 52.1 Å². The lowest BCUT2D eigenvalue weighted by atomic mass is 10.1. The Morgan fingerprint density at radius 2 is 1.90 bits per heavy atom. The molecular weight excluding hydrogens is 318 g/mol. The molecule has 0 aliphatic carbocycles. The van der Waals surface area contributed by atoms with Crippen LogP contribution < -0.4 is 10.6 Å². The van der Waals surface area contributed by atoms with Gasteiger partial charge in [0.25, 0.3) is 0 Å². The summed E-state index contributed by atoms with van der Waals surface area (Å²) in [5.74, 6) is 0.0849. The van der Waals surface area contributed by atoms with Gasteiger partial charge in [0.1, 0.15) is 0 Å². The molecule has 0 atom stereocenters. The Morgan fingerprint density at radius 1 is 1.20 bits per heavy atom. The number of oxime groups is 1. The van der Waals surface area contributed by atoms with E-state index >= 15 is 0 Å². The van der Waals surface area contributed by atoms with Gasteiger partial charge in [0.15, 0.2) is 5.84 Å². The fraction of sp³-hybridized carbons (Fsp3) is 0.133. The predicted molar refractivity (Wildman–Crippen MR) is 85.9 cm³/mol. The zero-order valence-corrected chi connectivity index (χ0v) is 12.9. The first kappa shape index (κ1) is 14.4. The molecule has 0 aliphatic heterocycles. The van der Waals surface area contributed by atoms with Crippen LogP contribution in [-0.4, -0.2) is 18.1 Å². The highest BCUT2D eigenvalue weighted by Crippen LogP contribution is 2.31. The lowest BCUT2D eigenvalue weighted by Crippen LogP contribution is -2.20. The van der Waals surface area contributed by atoms with Crippen molar-refractivity contribution in [1.29, 1.82) is 0 Å². The first-order valence-electron chi connectivity index (χ1n) is 6.11. The Kier molecular flexibility index (Phi) is 4.29. The molecule has 0 aromatic heterocycles. The molecule has 2 aromatic carbocycles. The summed E-state index contributed by atoms with van der Waals surface area (Å²) in [7, 11) is 1.96. The zero-order chi connectivity index (χ0) is 14.7. The standard InChI is InChI=1S/C15H16BrN3O/c1-10-5-3-4-6-13(10)19(2)14-8-7-11(16)9-12(14)15(17)18-20/h3-9,20H,1-2H3,(H2,17,18). The SMILES string of the molecule is Cc1ccccc1N(C)c1ccc(Br)cc1/C(N)=N/O. The summed E-state index contributed by atoms with van der Waals surface area (Å²) in [6.07, 6.45) is 0. The third kappa shape index (κ3) is 2.77. The third-order valence-corrected chi connectivity index (χ3v) is 3.67. The molecule has 0 saturated heterocycles. The highest BCUT2D eigenvalue weighted by atomic mass is 79.9. The Morgan fingerprint density at radius 3 is 2.55 bits per heavy atom. The summed E-state index contributed by atoms with van der Waals surface area (Å²) >= 11 is 3.40. The van der Waals surface area contributed by atoms with Crippen molar-refractivity contribution in [2.45, 2.75) is 6.92 Å². The Labute approximate surface area is 126 Å². The van der Waals surface area contributed by atoms with E-state index in [9.17, 15) is 0 Å². The predicted octanol–water partition coefficient (Wildman–Crippen LogP) is 3.62. The van der Waals surface area contributed by atoms with Gasteiger partial charge in [0, 0.05) is 22.8 Å². The van der Waals surface area contributed by atoms with Crippen LogP contribution in [0.4, 0.5) is 11.4 Å². The second kappa shape index (κ2) is 5.96. The van der Waals surface area contributed by atoms with Crippen molar-refractivity contribution in [2.24, 2.45) is 10.9 Å². The van der Waals surface area contributed by atoms with Gasteiger partial charge < -0.3 is 15.8 Å². The van der Waals surface area contributed by atoms with Crippen LogP contribution in [0.2, 0.25) is 0 Å². The largest absolute Gasteiger partial charge is 0.409 e. The highest BCUT2D eigenvalue weighted by molar-refractivity contribution is 9.10. The van der Waals surface area contributed by atoms with Crippen LogP contribution in [0.25, 0.3) is 0 Å². The average molecular weight is 334 g/mol. The number of aryl methyl sites for hydroxylation is 1. The van der Waals surface area contributed by atoms with Gasteiger partial charge in [-0.15, -0.1) is 0 Å². The van der Waals surface area contributed by atoms with Crippen molar-refractivity contribution in [3.63, 3.8) is 0 Å². The second-order valence-electron chi connectivity index (χ2n) is 4.49. The minimum absolute atomic E-state index is 0.0849. The van der Waals surface area contributed by atoms with Crippen LogP contribution in [0.1, 0.15) is 11.1 Å². The number of hydrogen-bond acceptors (Lipinski definition) is 3. The van der Waals surface area contributed by atoms with Crippen molar-refractivity contribution in [3.8, 4) is 0 Å². The average Bonchev–Trinajstić information content (AvgIpc) is 2.46. The van der Waals surface area contributed by atoms with Crippen LogP contribution in [0.5, 0.6) is 0 Å². The molecule has 0 spiro atoms. The topological polar surface area (TPSA) is 61.8 Å². The lowest BCUT2D eigenvalue weighted by molar-refractivity contribution is 0.318. The van der Waals surface area contributed by atoms with Gasteiger partial charge >= 0.3 is 0 Å². The molecule has 104 valence electrons. The van der Waals surface area contributed by atoms with E-state index in [1.54, 1.807) is 0 Å². The van der Waals surface area contributed by atoms with Crippen LogP contribution in [0, 0.1) is 6.92 Å². The van der Waals surface area contributed by atoms with Crippen molar-refractivity contribution < 1.29 is 5.21 Å². The molecule has 0 amide bonds. The van der Waals surface area contributed by atoms with Crippen LogP contribution in [0.3, 0.4) is 0 Å². The highest BCUT2D eigenvalue weighted by Gasteiger charge is 2.14. The maximum atomic E-state index is 8.94. The molecule has 4 nitrogen and oxygen atoms in total. The Hall–Kier alpha value is -2.01. The molecule has 5 heteroatoms. The van der Waals surface area contributed by atoms with Crippen LogP contribution in [-0.2, 0) is 0 Å². The summed E-state index contributed by atoms with van der Waals surface area (Å²) in [5, 5.41) is 12.0. The number of para-hydroxylation sites is 1. The summed E-state index contributed by atoms with van der Waals surface area (Å²) in [4.78, 5) is 2.02. The molecule has 0 saturated carbocycles. The third-order valence-electron chi connectivity index (χ3n) is 3.18. The Bertz CT molecular complexity index is 655. The number of benzene rings is 2. The molecule has 0 aliphatic rings.